The van der Waals surface area contributed by atoms with Gasteiger partial charge in [0.2, 0.25) is 0 Å². The topological polar surface area (TPSA) is 93.1 Å². The maximum atomic E-state index is 13.7. The highest BCUT2D eigenvalue weighted by Gasteiger charge is 2.19. The van der Waals surface area contributed by atoms with Crippen LogP contribution in [-0.4, -0.2) is 59.7 Å². The molecule has 3 rings (SSSR count). The van der Waals surface area contributed by atoms with Gasteiger partial charge in [0.15, 0.2) is 0 Å². The Labute approximate surface area is 162 Å². The molecule has 0 aliphatic carbocycles. The molecule has 0 radical (unpaired) electrons. The van der Waals surface area contributed by atoms with E-state index in [1.165, 1.54) is 12.1 Å². The molecule has 8 heteroatoms. The predicted molar refractivity (Wildman–Crippen MR) is 103 cm³/mol. The van der Waals surface area contributed by atoms with Gasteiger partial charge in [0, 0.05) is 48.7 Å². The van der Waals surface area contributed by atoms with E-state index in [0.29, 0.717) is 18.8 Å². The predicted octanol–water partition coefficient (Wildman–Crippen LogP) is 1.78. The van der Waals surface area contributed by atoms with Crippen LogP contribution in [0.25, 0.3) is 0 Å². The van der Waals surface area contributed by atoms with Crippen molar-refractivity contribution in [1.29, 1.82) is 0 Å². The summed E-state index contributed by atoms with van der Waals surface area (Å²) >= 11 is 0. The van der Waals surface area contributed by atoms with E-state index in [9.17, 15) is 14.0 Å². The Morgan fingerprint density at radius 3 is 2.29 bits per heavy atom. The van der Waals surface area contributed by atoms with Gasteiger partial charge >= 0.3 is 5.97 Å². The molecule has 1 fully saturated rings. The normalized spacial score (nSPS) is 14.7. The second-order valence-electron chi connectivity index (χ2n) is 6.62. The standard InChI is InChI=1S/C20H22FN3O4/c21-18-11-14(1-2-15(18)13-25)20(28)22-16-3-5-17(6-4-16)24-9-7-23(8-10-24)12-19(26)27/h1-6,11,25H,7-10,12-13H2,(H,22,28)(H,26,27). The first-order valence-corrected chi connectivity index (χ1v) is 8.96. The van der Waals surface area contributed by atoms with Crippen LogP contribution >= 0.6 is 0 Å². The number of nitrogens with zero attached hydrogens (tertiary/aromatic N) is 2. The van der Waals surface area contributed by atoms with E-state index in [1.807, 2.05) is 17.0 Å². The van der Waals surface area contributed by atoms with Gasteiger partial charge in [0.05, 0.1) is 13.2 Å². The summed E-state index contributed by atoms with van der Waals surface area (Å²) in [6.45, 7) is 2.46. The van der Waals surface area contributed by atoms with Gasteiger partial charge in [-0.25, -0.2) is 4.39 Å². The molecule has 28 heavy (non-hydrogen) atoms. The number of aliphatic hydroxyl groups excluding tert-OH is 1. The van der Waals surface area contributed by atoms with Crippen LogP contribution < -0.4 is 10.2 Å². The van der Waals surface area contributed by atoms with Gasteiger partial charge in [-0.15, -0.1) is 0 Å². The number of carbonyl (C=O) groups is 2. The molecule has 2 aromatic rings. The van der Waals surface area contributed by atoms with Gasteiger partial charge in [-0.2, -0.15) is 0 Å². The van der Waals surface area contributed by atoms with Crippen molar-refractivity contribution in [2.45, 2.75) is 6.61 Å². The van der Waals surface area contributed by atoms with Crippen molar-refractivity contribution in [2.75, 3.05) is 42.9 Å². The zero-order valence-electron chi connectivity index (χ0n) is 15.3. The van der Waals surface area contributed by atoms with Crippen LogP contribution in [0.1, 0.15) is 15.9 Å². The molecule has 0 unspecified atom stereocenters. The number of carboxylic acids is 1. The van der Waals surface area contributed by atoms with Crippen LogP contribution in [0.4, 0.5) is 15.8 Å². The second-order valence-corrected chi connectivity index (χ2v) is 6.62. The lowest BCUT2D eigenvalue weighted by Crippen LogP contribution is -2.47. The Kier molecular flexibility index (Phi) is 6.23. The molecule has 3 N–H and O–H groups in total. The summed E-state index contributed by atoms with van der Waals surface area (Å²) in [4.78, 5) is 27.1. The quantitative estimate of drug-likeness (QED) is 0.700. The summed E-state index contributed by atoms with van der Waals surface area (Å²) in [5.74, 6) is -1.87. The third-order valence-corrected chi connectivity index (χ3v) is 4.71. The fourth-order valence-corrected chi connectivity index (χ4v) is 3.13. The summed E-state index contributed by atoms with van der Waals surface area (Å²) in [6, 6.07) is 11.3. The van der Waals surface area contributed by atoms with Crippen LogP contribution in [0.5, 0.6) is 0 Å². The fourth-order valence-electron chi connectivity index (χ4n) is 3.13. The molecular formula is C20H22FN3O4. The lowest BCUT2D eigenvalue weighted by atomic mass is 10.1. The van der Waals surface area contributed by atoms with E-state index in [-0.39, 0.29) is 17.7 Å². The number of halogens is 1. The van der Waals surface area contributed by atoms with Gasteiger partial charge in [-0.1, -0.05) is 6.07 Å². The van der Waals surface area contributed by atoms with Gasteiger partial charge in [0.25, 0.3) is 5.91 Å². The minimum Gasteiger partial charge on any atom is -0.480 e. The summed E-state index contributed by atoms with van der Waals surface area (Å²) < 4.78 is 13.7. The minimum atomic E-state index is -0.820. The van der Waals surface area contributed by atoms with Gasteiger partial charge < -0.3 is 20.4 Å². The van der Waals surface area contributed by atoms with E-state index in [0.717, 1.165) is 24.8 Å². The number of benzene rings is 2. The van der Waals surface area contributed by atoms with Gasteiger partial charge in [-0.3, -0.25) is 14.5 Å². The molecule has 148 valence electrons. The third kappa shape index (κ3) is 4.85. The Morgan fingerprint density at radius 1 is 1.04 bits per heavy atom. The SMILES string of the molecule is O=C(O)CN1CCN(c2ccc(NC(=O)c3ccc(CO)c(F)c3)cc2)CC1. The molecule has 1 aliphatic heterocycles. The molecule has 1 aliphatic rings. The highest BCUT2D eigenvalue weighted by atomic mass is 19.1. The van der Waals surface area contributed by atoms with E-state index >= 15 is 0 Å². The number of hydrogen-bond acceptors (Lipinski definition) is 5. The van der Waals surface area contributed by atoms with Crippen LogP contribution in [0.3, 0.4) is 0 Å². The number of aliphatic carboxylic acids is 1. The molecular weight excluding hydrogens is 365 g/mol. The van der Waals surface area contributed by atoms with Crippen molar-refractivity contribution >= 4 is 23.3 Å². The highest BCUT2D eigenvalue weighted by molar-refractivity contribution is 6.04. The number of nitrogens with one attached hydrogen (secondary N) is 1. The summed E-state index contributed by atoms with van der Waals surface area (Å²) in [7, 11) is 0. The average molecular weight is 387 g/mol. The van der Waals surface area contributed by atoms with Crippen molar-refractivity contribution in [2.24, 2.45) is 0 Å². The maximum absolute atomic E-state index is 13.7. The zero-order valence-corrected chi connectivity index (χ0v) is 15.3. The van der Waals surface area contributed by atoms with Crippen LogP contribution in [0.2, 0.25) is 0 Å². The van der Waals surface area contributed by atoms with Crippen molar-refractivity contribution in [1.82, 2.24) is 4.90 Å². The largest absolute Gasteiger partial charge is 0.480 e. The molecule has 0 spiro atoms. The summed E-state index contributed by atoms with van der Waals surface area (Å²) in [5, 5.41) is 20.6. The number of hydrogen-bond donors (Lipinski definition) is 3. The van der Waals surface area contributed by atoms with Crippen LogP contribution in [0.15, 0.2) is 42.5 Å². The van der Waals surface area contributed by atoms with Crippen molar-refractivity contribution in [3.05, 3.63) is 59.4 Å². The van der Waals surface area contributed by atoms with E-state index in [1.54, 1.807) is 12.1 Å². The van der Waals surface area contributed by atoms with E-state index in [2.05, 4.69) is 10.2 Å². The number of anilines is 2. The molecule has 0 saturated carbocycles. The number of carboxylic acid groups (broad SMARTS) is 1. The Morgan fingerprint density at radius 2 is 1.71 bits per heavy atom. The van der Waals surface area contributed by atoms with E-state index < -0.39 is 24.3 Å². The van der Waals surface area contributed by atoms with E-state index in [4.69, 9.17) is 10.2 Å². The number of aliphatic hydroxyl groups is 1. The Hall–Kier alpha value is -2.97. The number of rotatable bonds is 6. The molecule has 0 atom stereocenters. The maximum Gasteiger partial charge on any atom is 0.317 e. The number of amides is 1. The van der Waals surface area contributed by atoms with Crippen molar-refractivity contribution in [3.63, 3.8) is 0 Å². The summed E-state index contributed by atoms with van der Waals surface area (Å²) in [6.07, 6.45) is 0. The smallest absolute Gasteiger partial charge is 0.317 e. The molecule has 2 aromatic carbocycles. The molecule has 0 aromatic heterocycles. The lowest BCUT2D eigenvalue weighted by Gasteiger charge is -2.35. The summed E-state index contributed by atoms with van der Waals surface area (Å²) in [5.41, 5.74) is 1.90. The number of piperazine rings is 1. The van der Waals surface area contributed by atoms with Gasteiger partial charge in [-0.05, 0) is 36.4 Å². The molecule has 0 bridgehead atoms. The van der Waals surface area contributed by atoms with Crippen LogP contribution in [-0.2, 0) is 11.4 Å². The van der Waals surface area contributed by atoms with Crippen molar-refractivity contribution < 1.29 is 24.2 Å². The molecule has 7 nitrogen and oxygen atoms in total. The zero-order chi connectivity index (χ0) is 20.1. The fraction of sp³-hybridized carbons (Fsp3) is 0.300. The third-order valence-electron chi connectivity index (χ3n) is 4.71. The average Bonchev–Trinajstić information content (AvgIpc) is 2.68. The Bertz CT molecular complexity index is 849. The number of carbonyl (C=O) groups excluding carboxylic acids is 1. The monoisotopic (exact) mass is 387 g/mol. The highest BCUT2D eigenvalue weighted by Crippen LogP contribution is 2.20. The molecule has 1 heterocycles. The first-order chi connectivity index (χ1) is 13.5. The lowest BCUT2D eigenvalue weighted by molar-refractivity contribution is -0.138. The first kappa shape index (κ1) is 19.8. The first-order valence-electron chi connectivity index (χ1n) is 8.96. The second kappa shape index (κ2) is 8.81. The Balaban J connectivity index is 1.58. The molecule has 1 saturated heterocycles. The molecule has 1 amide bonds. The minimum absolute atomic E-state index is 0.0543. The van der Waals surface area contributed by atoms with Gasteiger partial charge in [0.1, 0.15) is 5.82 Å². The van der Waals surface area contributed by atoms with Crippen LogP contribution in [0, 0.1) is 5.82 Å². The van der Waals surface area contributed by atoms with Crippen molar-refractivity contribution in [3.8, 4) is 0 Å².